The minimum absolute atomic E-state index is 0.422. The predicted octanol–water partition coefficient (Wildman–Crippen LogP) is 3.48. The van der Waals surface area contributed by atoms with Gasteiger partial charge in [0.25, 0.3) is 0 Å². The van der Waals surface area contributed by atoms with Crippen LogP contribution in [0.15, 0.2) is 18.2 Å². The van der Waals surface area contributed by atoms with Crippen molar-refractivity contribution in [2.75, 3.05) is 13.1 Å². The van der Waals surface area contributed by atoms with E-state index < -0.39 is 12.0 Å². The Balaban J connectivity index is 2.13. The number of halogens is 2. The molecular formula is C14H17Cl2NO2. The number of benzene rings is 1. The molecule has 1 aliphatic rings. The number of rotatable bonds is 4. The summed E-state index contributed by atoms with van der Waals surface area (Å²) >= 11 is 12.0. The van der Waals surface area contributed by atoms with Gasteiger partial charge in [-0.1, -0.05) is 35.7 Å². The molecule has 3 nitrogen and oxygen atoms in total. The highest BCUT2D eigenvalue weighted by Gasteiger charge is 2.27. The lowest BCUT2D eigenvalue weighted by Gasteiger charge is -2.32. The van der Waals surface area contributed by atoms with Gasteiger partial charge in [0.2, 0.25) is 0 Å². The van der Waals surface area contributed by atoms with Gasteiger partial charge in [-0.05, 0) is 43.6 Å². The molecule has 0 aromatic heterocycles. The highest BCUT2D eigenvalue weighted by Crippen LogP contribution is 2.24. The molecule has 0 radical (unpaired) electrons. The number of aliphatic carboxylic acids is 1. The summed E-state index contributed by atoms with van der Waals surface area (Å²) in [4.78, 5) is 13.5. The van der Waals surface area contributed by atoms with Gasteiger partial charge in [-0.2, -0.15) is 0 Å². The van der Waals surface area contributed by atoms with Crippen molar-refractivity contribution in [1.29, 1.82) is 0 Å². The lowest BCUT2D eigenvalue weighted by Crippen LogP contribution is -2.45. The summed E-state index contributed by atoms with van der Waals surface area (Å²) in [5, 5.41) is 10.5. The standard InChI is InChI=1S/C14H17Cl2NO2/c15-11-5-4-10(12(16)9-11)8-13(14(18)19)17-6-2-1-3-7-17/h4-5,9,13H,1-3,6-8H2,(H,18,19)/t13-/m1/s1. The lowest BCUT2D eigenvalue weighted by atomic mass is 10.0. The van der Waals surface area contributed by atoms with Crippen LogP contribution in [0.4, 0.5) is 0 Å². The van der Waals surface area contributed by atoms with Crippen LogP contribution in [0.1, 0.15) is 24.8 Å². The van der Waals surface area contributed by atoms with Crippen molar-refractivity contribution in [3.63, 3.8) is 0 Å². The van der Waals surface area contributed by atoms with Crippen molar-refractivity contribution >= 4 is 29.2 Å². The Hall–Kier alpha value is -0.770. The summed E-state index contributed by atoms with van der Waals surface area (Å²) in [6, 6.07) is 4.72. The van der Waals surface area contributed by atoms with Crippen molar-refractivity contribution in [3.8, 4) is 0 Å². The van der Waals surface area contributed by atoms with Gasteiger partial charge in [-0.25, -0.2) is 0 Å². The summed E-state index contributed by atoms with van der Waals surface area (Å²) in [7, 11) is 0. The second kappa shape index (κ2) is 6.60. The first-order valence-corrected chi connectivity index (χ1v) is 7.24. The molecule has 1 aromatic rings. The maximum Gasteiger partial charge on any atom is 0.321 e. The first-order valence-electron chi connectivity index (χ1n) is 6.48. The molecule has 1 saturated heterocycles. The Bertz CT molecular complexity index is 459. The van der Waals surface area contributed by atoms with E-state index in [0.717, 1.165) is 31.5 Å². The SMILES string of the molecule is O=C(O)[C@@H](Cc1ccc(Cl)cc1Cl)N1CCCCC1. The van der Waals surface area contributed by atoms with Crippen molar-refractivity contribution in [3.05, 3.63) is 33.8 Å². The lowest BCUT2D eigenvalue weighted by molar-refractivity contribution is -0.143. The van der Waals surface area contributed by atoms with Crippen LogP contribution >= 0.6 is 23.2 Å². The molecule has 1 aliphatic heterocycles. The van der Waals surface area contributed by atoms with Crippen LogP contribution in [-0.2, 0) is 11.2 Å². The molecule has 0 unspecified atom stereocenters. The molecular weight excluding hydrogens is 285 g/mol. The molecule has 1 N–H and O–H groups in total. The third-order valence-electron chi connectivity index (χ3n) is 3.54. The quantitative estimate of drug-likeness (QED) is 0.925. The third-order valence-corrected chi connectivity index (χ3v) is 4.13. The molecule has 5 heteroatoms. The largest absolute Gasteiger partial charge is 0.480 e. The van der Waals surface area contributed by atoms with E-state index >= 15 is 0 Å². The minimum Gasteiger partial charge on any atom is -0.480 e. The Labute approximate surface area is 123 Å². The summed E-state index contributed by atoms with van der Waals surface area (Å²) < 4.78 is 0. The number of carboxylic acid groups (broad SMARTS) is 1. The maximum absolute atomic E-state index is 11.5. The number of hydrogen-bond donors (Lipinski definition) is 1. The van der Waals surface area contributed by atoms with Gasteiger partial charge < -0.3 is 5.11 Å². The number of carboxylic acids is 1. The molecule has 19 heavy (non-hydrogen) atoms. The highest BCUT2D eigenvalue weighted by molar-refractivity contribution is 6.35. The molecule has 1 fully saturated rings. The van der Waals surface area contributed by atoms with Gasteiger partial charge >= 0.3 is 5.97 Å². The fourth-order valence-electron chi connectivity index (χ4n) is 2.50. The van der Waals surface area contributed by atoms with Gasteiger partial charge in [0.1, 0.15) is 6.04 Å². The van der Waals surface area contributed by atoms with Crippen molar-refractivity contribution < 1.29 is 9.90 Å². The second-order valence-electron chi connectivity index (χ2n) is 4.89. The first kappa shape index (κ1) is 14.6. The van der Waals surface area contributed by atoms with Gasteiger partial charge in [0, 0.05) is 16.5 Å². The van der Waals surface area contributed by atoms with Gasteiger partial charge in [-0.15, -0.1) is 0 Å². The van der Waals surface area contributed by atoms with E-state index in [1.165, 1.54) is 6.42 Å². The van der Waals surface area contributed by atoms with Crippen LogP contribution in [0.3, 0.4) is 0 Å². The summed E-state index contributed by atoms with van der Waals surface area (Å²) in [5.41, 5.74) is 0.837. The highest BCUT2D eigenvalue weighted by atomic mass is 35.5. The normalized spacial score (nSPS) is 18.2. The predicted molar refractivity (Wildman–Crippen MR) is 77.0 cm³/mol. The molecule has 0 bridgehead atoms. The number of piperidine rings is 1. The van der Waals surface area contributed by atoms with Crippen LogP contribution in [0, 0.1) is 0 Å². The zero-order valence-electron chi connectivity index (χ0n) is 10.6. The van der Waals surface area contributed by atoms with Gasteiger partial charge in [-0.3, -0.25) is 9.69 Å². The van der Waals surface area contributed by atoms with Crippen molar-refractivity contribution in [1.82, 2.24) is 4.90 Å². The minimum atomic E-state index is -0.784. The Kier molecular flexibility index (Phi) is 5.08. The van der Waals surface area contributed by atoms with E-state index in [-0.39, 0.29) is 0 Å². The van der Waals surface area contributed by atoms with E-state index in [2.05, 4.69) is 0 Å². The fraction of sp³-hybridized carbons (Fsp3) is 0.500. The molecule has 0 spiro atoms. The second-order valence-corrected chi connectivity index (χ2v) is 5.73. The molecule has 0 amide bonds. The molecule has 2 rings (SSSR count). The van der Waals surface area contributed by atoms with Crippen molar-refractivity contribution in [2.24, 2.45) is 0 Å². The zero-order chi connectivity index (χ0) is 13.8. The molecule has 1 aromatic carbocycles. The zero-order valence-corrected chi connectivity index (χ0v) is 12.1. The molecule has 104 valence electrons. The third kappa shape index (κ3) is 3.85. The van der Waals surface area contributed by atoms with E-state index in [4.69, 9.17) is 23.2 Å². The fourth-order valence-corrected chi connectivity index (χ4v) is 2.98. The van der Waals surface area contributed by atoms with Crippen LogP contribution in [-0.4, -0.2) is 35.1 Å². The number of carbonyl (C=O) groups is 1. The molecule has 0 saturated carbocycles. The van der Waals surface area contributed by atoms with Crippen LogP contribution in [0.2, 0.25) is 10.0 Å². The Morgan fingerprint density at radius 1 is 1.26 bits per heavy atom. The number of nitrogens with zero attached hydrogens (tertiary/aromatic N) is 1. The molecule has 0 aliphatic carbocycles. The monoisotopic (exact) mass is 301 g/mol. The van der Waals surface area contributed by atoms with E-state index in [9.17, 15) is 9.90 Å². The summed E-state index contributed by atoms with van der Waals surface area (Å²) in [6.07, 6.45) is 3.74. The smallest absolute Gasteiger partial charge is 0.321 e. The molecule has 1 atom stereocenters. The first-order chi connectivity index (χ1) is 9.08. The maximum atomic E-state index is 11.5. The Morgan fingerprint density at radius 3 is 2.53 bits per heavy atom. The summed E-state index contributed by atoms with van der Waals surface area (Å²) in [5.74, 6) is -0.784. The van der Waals surface area contributed by atoms with E-state index in [1.54, 1.807) is 12.1 Å². The summed E-state index contributed by atoms with van der Waals surface area (Å²) in [6.45, 7) is 1.70. The number of hydrogen-bond acceptors (Lipinski definition) is 2. The van der Waals surface area contributed by atoms with Crippen LogP contribution < -0.4 is 0 Å². The van der Waals surface area contributed by atoms with E-state index in [1.807, 2.05) is 11.0 Å². The van der Waals surface area contributed by atoms with Gasteiger partial charge in [0.15, 0.2) is 0 Å². The molecule has 1 heterocycles. The van der Waals surface area contributed by atoms with Crippen LogP contribution in [0.25, 0.3) is 0 Å². The number of likely N-dealkylation sites (tertiary alicyclic amines) is 1. The van der Waals surface area contributed by atoms with E-state index in [0.29, 0.717) is 16.5 Å². The van der Waals surface area contributed by atoms with Crippen molar-refractivity contribution in [2.45, 2.75) is 31.7 Å². The topological polar surface area (TPSA) is 40.5 Å². The van der Waals surface area contributed by atoms with Gasteiger partial charge in [0.05, 0.1) is 0 Å². The van der Waals surface area contributed by atoms with Crippen LogP contribution in [0.5, 0.6) is 0 Å². The average molecular weight is 302 g/mol. The average Bonchev–Trinajstić information content (AvgIpc) is 2.38. The Morgan fingerprint density at radius 2 is 1.95 bits per heavy atom.